The highest BCUT2D eigenvalue weighted by Crippen LogP contribution is 2.25. The molecule has 0 aliphatic rings. The van der Waals surface area contributed by atoms with Gasteiger partial charge in [0.15, 0.2) is 0 Å². The van der Waals surface area contributed by atoms with Crippen molar-refractivity contribution in [3.63, 3.8) is 0 Å². The molecule has 0 unspecified atom stereocenters. The largest absolute Gasteiger partial charge is 0.350 e. The molecule has 3 aromatic rings. The Morgan fingerprint density at radius 2 is 1.74 bits per heavy atom. The average molecular weight is 306 g/mol. The molecular weight excluding hydrogens is 284 g/mol. The number of fused-ring (bicyclic) bond motifs is 1. The quantitative estimate of drug-likeness (QED) is 0.761. The molecule has 3 nitrogen and oxygen atoms in total. The van der Waals surface area contributed by atoms with Gasteiger partial charge in [-0.2, -0.15) is 0 Å². The molecule has 0 aliphatic heterocycles. The number of hydrogen-bond acceptors (Lipinski definition) is 1. The van der Waals surface area contributed by atoms with Crippen molar-refractivity contribution in [2.45, 2.75) is 26.8 Å². The van der Waals surface area contributed by atoms with Crippen molar-refractivity contribution >= 4 is 16.8 Å². The van der Waals surface area contributed by atoms with Crippen molar-refractivity contribution in [1.82, 2.24) is 9.88 Å². The van der Waals surface area contributed by atoms with E-state index in [1.165, 1.54) is 5.56 Å². The first-order valence-electron chi connectivity index (χ1n) is 8.12. The molecule has 0 fully saturated rings. The van der Waals surface area contributed by atoms with Crippen LogP contribution in [0.3, 0.4) is 0 Å². The molecule has 0 saturated carbocycles. The Balaban J connectivity index is 1.79. The van der Waals surface area contributed by atoms with Crippen molar-refractivity contribution in [1.29, 1.82) is 0 Å². The zero-order valence-corrected chi connectivity index (χ0v) is 13.7. The third kappa shape index (κ3) is 3.00. The fourth-order valence-corrected chi connectivity index (χ4v) is 3.15. The van der Waals surface area contributed by atoms with Gasteiger partial charge >= 0.3 is 0 Å². The first-order chi connectivity index (χ1) is 11.2. The first-order valence-corrected chi connectivity index (χ1v) is 8.12. The zero-order valence-electron chi connectivity index (χ0n) is 13.7. The van der Waals surface area contributed by atoms with E-state index >= 15 is 0 Å². The van der Waals surface area contributed by atoms with E-state index in [2.05, 4.69) is 41.1 Å². The minimum Gasteiger partial charge on any atom is -0.350 e. The Morgan fingerprint density at radius 3 is 2.48 bits per heavy atom. The van der Waals surface area contributed by atoms with Gasteiger partial charge in [0.2, 0.25) is 0 Å². The van der Waals surface area contributed by atoms with E-state index in [1.807, 2.05) is 37.3 Å². The Bertz CT molecular complexity index is 818. The number of aryl methyl sites for hydroxylation is 2. The van der Waals surface area contributed by atoms with Crippen LogP contribution in [0.2, 0.25) is 0 Å². The first kappa shape index (κ1) is 15.3. The smallest absolute Gasteiger partial charge is 0.268 e. The van der Waals surface area contributed by atoms with Gasteiger partial charge in [-0.25, -0.2) is 0 Å². The molecule has 0 atom stereocenters. The van der Waals surface area contributed by atoms with Gasteiger partial charge in [-0.3, -0.25) is 4.79 Å². The summed E-state index contributed by atoms with van der Waals surface area (Å²) in [7, 11) is 0. The summed E-state index contributed by atoms with van der Waals surface area (Å²) in [5, 5.41) is 4.22. The van der Waals surface area contributed by atoms with Crippen LogP contribution in [0.1, 0.15) is 28.5 Å². The molecule has 0 aliphatic carbocycles. The van der Waals surface area contributed by atoms with Crippen molar-refractivity contribution in [2.24, 2.45) is 0 Å². The number of rotatable bonds is 5. The van der Waals surface area contributed by atoms with Gasteiger partial charge in [0.25, 0.3) is 5.91 Å². The van der Waals surface area contributed by atoms with E-state index in [4.69, 9.17) is 0 Å². The Kier molecular flexibility index (Phi) is 4.47. The molecule has 3 heteroatoms. The lowest BCUT2D eigenvalue weighted by Gasteiger charge is -2.10. The number of amides is 1. The fraction of sp³-hybridized carbons (Fsp3) is 0.250. The van der Waals surface area contributed by atoms with E-state index in [0.29, 0.717) is 6.54 Å². The number of carbonyl (C=O) groups is 1. The summed E-state index contributed by atoms with van der Waals surface area (Å²) >= 11 is 0. The topological polar surface area (TPSA) is 34.0 Å². The van der Waals surface area contributed by atoms with E-state index in [0.717, 1.165) is 35.1 Å². The minimum atomic E-state index is 0.0106. The predicted octanol–water partition coefficient (Wildman–Crippen LogP) is 3.94. The summed E-state index contributed by atoms with van der Waals surface area (Å²) in [6, 6.07) is 18.4. The lowest BCUT2D eigenvalue weighted by molar-refractivity contribution is 0.0945. The molecule has 0 radical (unpaired) electrons. The van der Waals surface area contributed by atoms with Gasteiger partial charge in [0, 0.05) is 24.0 Å². The van der Waals surface area contributed by atoms with Gasteiger partial charge in [-0.1, -0.05) is 48.5 Å². The molecule has 1 N–H and O–H groups in total. The molecule has 3 rings (SSSR count). The van der Waals surface area contributed by atoms with Crippen LogP contribution in [-0.2, 0) is 13.0 Å². The van der Waals surface area contributed by atoms with Crippen LogP contribution in [0, 0.1) is 6.92 Å². The van der Waals surface area contributed by atoms with Crippen molar-refractivity contribution in [3.05, 3.63) is 71.4 Å². The summed E-state index contributed by atoms with van der Waals surface area (Å²) in [5.74, 6) is 0.0106. The van der Waals surface area contributed by atoms with Crippen LogP contribution in [0.15, 0.2) is 54.6 Å². The summed E-state index contributed by atoms with van der Waals surface area (Å²) in [6.45, 7) is 5.54. The van der Waals surface area contributed by atoms with Crippen molar-refractivity contribution in [2.75, 3.05) is 6.54 Å². The van der Waals surface area contributed by atoms with Gasteiger partial charge in [-0.05, 0) is 37.5 Å². The molecule has 1 amide bonds. The van der Waals surface area contributed by atoms with Crippen LogP contribution >= 0.6 is 0 Å². The summed E-state index contributed by atoms with van der Waals surface area (Å²) in [5.41, 5.74) is 4.20. The Morgan fingerprint density at radius 1 is 1.04 bits per heavy atom. The maximum Gasteiger partial charge on any atom is 0.268 e. The molecule has 1 aromatic heterocycles. The lowest BCUT2D eigenvalue weighted by atomic mass is 10.1. The number of nitrogens with one attached hydrogen (secondary N) is 1. The highest BCUT2D eigenvalue weighted by atomic mass is 16.1. The van der Waals surface area contributed by atoms with E-state index < -0.39 is 0 Å². The fourth-order valence-electron chi connectivity index (χ4n) is 3.15. The van der Waals surface area contributed by atoms with Crippen molar-refractivity contribution < 1.29 is 4.79 Å². The number of hydrogen-bond donors (Lipinski definition) is 1. The highest BCUT2D eigenvalue weighted by Gasteiger charge is 2.18. The third-order valence-corrected chi connectivity index (χ3v) is 4.30. The van der Waals surface area contributed by atoms with E-state index in [-0.39, 0.29) is 5.91 Å². The molecule has 0 spiro atoms. The standard InChI is InChI=1S/C20H22N2O/c1-3-22-18-12-8-7-11-17(18)15(2)19(22)20(23)21-14-13-16-9-5-4-6-10-16/h4-12H,3,13-14H2,1-2H3,(H,21,23). The molecule has 23 heavy (non-hydrogen) atoms. The average Bonchev–Trinajstić information content (AvgIpc) is 2.88. The molecule has 2 aromatic carbocycles. The van der Waals surface area contributed by atoms with Crippen LogP contribution in [0.5, 0.6) is 0 Å². The summed E-state index contributed by atoms with van der Waals surface area (Å²) in [6.07, 6.45) is 0.845. The molecule has 0 bridgehead atoms. The number of para-hydroxylation sites is 1. The van der Waals surface area contributed by atoms with E-state index in [1.54, 1.807) is 0 Å². The number of aromatic nitrogens is 1. The second kappa shape index (κ2) is 6.69. The normalized spacial score (nSPS) is 10.9. The summed E-state index contributed by atoms with van der Waals surface area (Å²) < 4.78 is 2.10. The minimum absolute atomic E-state index is 0.0106. The monoisotopic (exact) mass is 306 g/mol. The Labute approximate surface area is 136 Å². The second-order valence-electron chi connectivity index (χ2n) is 5.73. The molecule has 1 heterocycles. The van der Waals surface area contributed by atoms with Crippen LogP contribution < -0.4 is 5.32 Å². The predicted molar refractivity (Wildman–Crippen MR) is 94.8 cm³/mol. The lowest BCUT2D eigenvalue weighted by Crippen LogP contribution is -2.28. The van der Waals surface area contributed by atoms with Crippen LogP contribution in [-0.4, -0.2) is 17.0 Å². The van der Waals surface area contributed by atoms with Gasteiger partial charge < -0.3 is 9.88 Å². The number of nitrogens with zero attached hydrogens (tertiary/aromatic N) is 1. The van der Waals surface area contributed by atoms with Crippen molar-refractivity contribution in [3.8, 4) is 0 Å². The maximum absolute atomic E-state index is 12.7. The molecular formula is C20H22N2O. The third-order valence-electron chi connectivity index (χ3n) is 4.30. The number of carbonyl (C=O) groups excluding carboxylic acids is 1. The maximum atomic E-state index is 12.7. The molecule has 0 saturated heterocycles. The SMILES string of the molecule is CCn1c(C(=O)NCCc2ccccc2)c(C)c2ccccc21. The summed E-state index contributed by atoms with van der Waals surface area (Å²) in [4.78, 5) is 12.7. The van der Waals surface area contributed by atoms with Gasteiger partial charge in [-0.15, -0.1) is 0 Å². The number of benzene rings is 2. The second-order valence-corrected chi connectivity index (χ2v) is 5.73. The van der Waals surface area contributed by atoms with E-state index in [9.17, 15) is 4.79 Å². The molecule has 118 valence electrons. The van der Waals surface area contributed by atoms with Gasteiger partial charge in [0.1, 0.15) is 5.69 Å². The zero-order chi connectivity index (χ0) is 16.2. The van der Waals surface area contributed by atoms with Crippen LogP contribution in [0.25, 0.3) is 10.9 Å². The van der Waals surface area contributed by atoms with Gasteiger partial charge in [0.05, 0.1) is 0 Å². The van der Waals surface area contributed by atoms with Crippen LogP contribution in [0.4, 0.5) is 0 Å². The highest BCUT2D eigenvalue weighted by molar-refractivity contribution is 6.01. The Hall–Kier alpha value is -2.55.